The van der Waals surface area contributed by atoms with Crippen LogP contribution in [0.2, 0.25) is 0 Å². The molecule has 2 rings (SSSR count). The van der Waals surface area contributed by atoms with E-state index < -0.39 is 0 Å². The fourth-order valence-electron chi connectivity index (χ4n) is 2.64. The predicted octanol–water partition coefficient (Wildman–Crippen LogP) is 3.62. The molecule has 0 saturated heterocycles. The maximum atomic E-state index is 5.79. The molecule has 0 radical (unpaired) electrons. The second kappa shape index (κ2) is 5.75. The first-order valence-corrected chi connectivity index (χ1v) is 7.09. The number of rotatable bonds is 6. The predicted molar refractivity (Wildman–Crippen MR) is 76.1 cm³/mol. The molecule has 1 aliphatic carbocycles. The minimum absolute atomic E-state index is 0.234. The van der Waals surface area contributed by atoms with Crippen LogP contribution in [-0.4, -0.2) is 12.6 Å². The first-order chi connectivity index (χ1) is 8.61. The lowest BCUT2D eigenvalue weighted by Crippen LogP contribution is -2.10. The summed E-state index contributed by atoms with van der Waals surface area (Å²) in [4.78, 5) is 0. The minimum atomic E-state index is 0.234. The zero-order chi connectivity index (χ0) is 13.1. The van der Waals surface area contributed by atoms with Crippen LogP contribution in [0.3, 0.4) is 0 Å². The van der Waals surface area contributed by atoms with Gasteiger partial charge in [0.1, 0.15) is 5.75 Å². The molecule has 1 aromatic rings. The van der Waals surface area contributed by atoms with Crippen LogP contribution in [0.15, 0.2) is 18.2 Å². The number of nitrogens with two attached hydrogens (primary N) is 1. The SMILES string of the molecule is Cc1cc(C(CCN)C2CC2)ccc1OC(C)C. The monoisotopic (exact) mass is 247 g/mol. The molecule has 0 bridgehead atoms. The van der Waals surface area contributed by atoms with Gasteiger partial charge < -0.3 is 10.5 Å². The first kappa shape index (κ1) is 13.4. The molecule has 2 heteroatoms. The van der Waals surface area contributed by atoms with Gasteiger partial charge in [0.15, 0.2) is 0 Å². The normalized spacial score (nSPS) is 16.9. The molecule has 100 valence electrons. The average molecular weight is 247 g/mol. The van der Waals surface area contributed by atoms with Gasteiger partial charge in [0.05, 0.1) is 6.10 Å². The van der Waals surface area contributed by atoms with E-state index in [4.69, 9.17) is 10.5 Å². The van der Waals surface area contributed by atoms with Gasteiger partial charge in [-0.05, 0) is 75.6 Å². The van der Waals surface area contributed by atoms with E-state index in [1.165, 1.54) is 24.0 Å². The number of hydrogen-bond acceptors (Lipinski definition) is 2. The summed E-state index contributed by atoms with van der Waals surface area (Å²) in [5, 5.41) is 0. The topological polar surface area (TPSA) is 35.2 Å². The second-order valence-corrected chi connectivity index (χ2v) is 5.71. The fourth-order valence-corrected chi connectivity index (χ4v) is 2.64. The van der Waals surface area contributed by atoms with E-state index in [0.717, 1.165) is 24.6 Å². The van der Waals surface area contributed by atoms with E-state index in [9.17, 15) is 0 Å². The Balaban J connectivity index is 2.15. The van der Waals surface area contributed by atoms with Gasteiger partial charge in [0, 0.05) is 0 Å². The van der Waals surface area contributed by atoms with Gasteiger partial charge in [0.25, 0.3) is 0 Å². The Hall–Kier alpha value is -1.02. The molecule has 0 spiro atoms. The third kappa shape index (κ3) is 3.26. The second-order valence-electron chi connectivity index (χ2n) is 5.71. The van der Waals surface area contributed by atoms with Gasteiger partial charge >= 0.3 is 0 Å². The van der Waals surface area contributed by atoms with Crippen molar-refractivity contribution in [2.45, 2.75) is 52.1 Å². The van der Waals surface area contributed by atoms with Crippen LogP contribution >= 0.6 is 0 Å². The third-order valence-electron chi connectivity index (χ3n) is 3.66. The molecule has 1 unspecified atom stereocenters. The van der Waals surface area contributed by atoms with Crippen molar-refractivity contribution in [1.29, 1.82) is 0 Å². The van der Waals surface area contributed by atoms with Crippen LogP contribution in [0.1, 0.15) is 50.2 Å². The molecule has 0 amide bonds. The van der Waals surface area contributed by atoms with Crippen LogP contribution < -0.4 is 10.5 Å². The van der Waals surface area contributed by atoms with Crippen LogP contribution in [0.25, 0.3) is 0 Å². The molecule has 2 N–H and O–H groups in total. The number of ether oxygens (including phenoxy) is 1. The first-order valence-electron chi connectivity index (χ1n) is 7.09. The maximum Gasteiger partial charge on any atom is 0.122 e. The highest BCUT2D eigenvalue weighted by Gasteiger charge is 2.31. The molecule has 0 aliphatic heterocycles. The van der Waals surface area contributed by atoms with Crippen LogP contribution in [0.5, 0.6) is 5.75 Å². The van der Waals surface area contributed by atoms with Gasteiger partial charge in [-0.1, -0.05) is 12.1 Å². The Morgan fingerprint density at radius 1 is 1.33 bits per heavy atom. The number of hydrogen-bond donors (Lipinski definition) is 1. The summed E-state index contributed by atoms with van der Waals surface area (Å²) < 4.78 is 5.79. The molecule has 18 heavy (non-hydrogen) atoms. The van der Waals surface area contributed by atoms with Crippen LogP contribution in [0, 0.1) is 12.8 Å². The standard InChI is InChI=1S/C16H25NO/c1-11(2)18-16-7-6-14(10-12(16)3)15(8-9-17)13-4-5-13/h6-7,10-11,13,15H,4-5,8-9,17H2,1-3H3. The quantitative estimate of drug-likeness (QED) is 0.833. The van der Waals surface area contributed by atoms with Crippen LogP contribution in [-0.2, 0) is 0 Å². The number of aryl methyl sites for hydroxylation is 1. The van der Waals surface area contributed by atoms with E-state index in [0.29, 0.717) is 5.92 Å². The van der Waals surface area contributed by atoms with E-state index in [2.05, 4.69) is 39.0 Å². The lowest BCUT2D eigenvalue weighted by Gasteiger charge is -2.19. The summed E-state index contributed by atoms with van der Waals surface area (Å²) in [5.41, 5.74) is 8.42. The van der Waals surface area contributed by atoms with Gasteiger partial charge in [0.2, 0.25) is 0 Å². The molecule has 1 fully saturated rings. The molecular weight excluding hydrogens is 222 g/mol. The van der Waals surface area contributed by atoms with Crippen molar-refractivity contribution in [3.63, 3.8) is 0 Å². The van der Waals surface area contributed by atoms with E-state index in [1.54, 1.807) is 0 Å². The summed E-state index contributed by atoms with van der Waals surface area (Å²) in [7, 11) is 0. The summed E-state index contributed by atoms with van der Waals surface area (Å²) in [6.45, 7) is 7.04. The van der Waals surface area contributed by atoms with E-state index in [1.807, 2.05) is 0 Å². The fraction of sp³-hybridized carbons (Fsp3) is 0.625. The highest BCUT2D eigenvalue weighted by atomic mass is 16.5. The van der Waals surface area contributed by atoms with Gasteiger partial charge in [-0.15, -0.1) is 0 Å². The Labute approximate surface area is 111 Å². The van der Waals surface area contributed by atoms with Crippen molar-refractivity contribution in [3.05, 3.63) is 29.3 Å². The Morgan fingerprint density at radius 3 is 2.56 bits per heavy atom. The van der Waals surface area contributed by atoms with E-state index in [-0.39, 0.29) is 6.10 Å². The minimum Gasteiger partial charge on any atom is -0.491 e. The largest absolute Gasteiger partial charge is 0.491 e. The molecule has 1 atom stereocenters. The maximum absolute atomic E-state index is 5.79. The molecule has 1 aliphatic rings. The number of benzene rings is 1. The average Bonchev–Trinajstić information content (AvgIpc) is 3.12. The summed E-state index contributed by atoms with van der Waals surface area (Å²) in [5.74, 6) is 2.53. The smallest absolute Gasteiger partial charge is 0.122 e. The zero-order valence-corrected chi connectivity index (χ0v) is 11.8. The lowest BCUT2D eigenvalue weighted by molar-refractivity contribution is 0.240. The lowest BCUT2D eigenvalue weighted by atomic mass is 9.90. The summed E-state index contributed by atoms with van der Waals surface area (Å²) >= 11 is 0. The summed E-state index contributed by atoms with van der Waals surface area (Å²) in [6.07, 6.45) is 4.08. The van der Waals surface area contributed by atoms with Crippen molar-refractivity contribution < 1.29 is 4.74 Å². The highest BCUT2D eigenvalue weighted by molar-refractivity contribution is 5.38. The molecule has 1 saturated carbocycles. The van der Waals surface area contributed by atoms with Crippen molar-refractivity contribution >= 4 is 0 Å². The van der Waals surface area contributed by atoms with Gasteiger partial charge in [-0.2, -0.15) is 0 Å². The zero-order valence-electron chi connectivity index (χ0n) is 11.8. The molecule has 1 aromatic carbocycles. The van der Waals surface area contributed by atoms with Crippen LogP contribution in [0.4, 0.5) is 0 Å². The van der Waals surface area contributed by atoms with Crippen molar-refractivity contribution in [1.82, 2.24) is 0 Å². The Morgan fingerprint density at radius 2 is 2.06 bits per heavy atom. The molecule has 0 aromatic heterocycles. The van der Waals surface area contributed by atoms with E-state index >= 15 is 0 Å². The van der Waals surface area contributed by atoms with Gasteiger partial charge in [-0.25, -0.2) is 0 Å². The van der Waals surface area contributed by atoms with Crippen molar-refractivity contribution in [2.75, 3.05) is 6.54 Å². The molecular formula is C16H25NO. The molecule has 2 nitrogen and oxygen atoms in total. The van der Waals surface area contributed by atoms with Crippen molar-refractivity contribution in [3.8, 4) is 5.75 Å². The summed E-state index contributed by atoms with van der Waals surface area (Å²) in [6, 6.07) is 6.64. The highest BCUT2D eigenvalue weighted by Crippen LogP contribution is 2.44. The Kier molecular flexibility index (Phi) is 4.28. The van der Waals surface area contributed by atoms with Crippen molar-refractivity contribution in [2.24, 2.45) is 11.7 Å². The van der Waals surface area contributed by atoms with Gasteiger partial charge in [-0.3, -0.25) is 0 Å². The Bertz CT molecular complexity index is 396. The third-order valence-corrected chi connectivity index (χ3v) is 3.66. The molecule has 0 heterocycles.